The maximum absolute atomic E-state index is 12.6. The SMILES string of the molecule is Cc1nc(N)ccc1CNC(=O)[C@H](C)NC(=O)C1C[C@H](Cc2ccc(C#N)cc2)CN1. The van der Waals surface area contributed by atoms with Crippen LogP contribution in [0.2, 0.25) is 0 Å². The molecule has 3 atom stereocenters. The lowest BCUT2D eigenvalue weighted by atomic mass is 9.96. The van der Waals surface area contributed by atoms with Crippen molar-refractivity contribution in [1.29, 1.82) is 5.26 Å². The van der Waals surface area contributed by atoms with E-state index in [1.807, 2.05) is 37.3 Å². The van der Waals surface area contributed by atoms with E-state index in [0.717, 1.165) is 29.8 Å². The Kier molecular flexibility index (Phi) is 7.21. The number of nitriles is 1. The van der Waals surface area contributed by atoms with Gasteiger partial charge in [0.2, 0.25) is 11.8 Å². The monoisotopic (exact) mass is 420 g/mol. The highest BCUT2D eigenvalue weighted by atomic mass is 16.2. The lowest BCUT2D eigenvalue weighted by molar-refractivity contribution is -0.129. The van der Waals surface area contributed by atoms with Crippen molar-refractivity contribution < 1.29 is 9.59 Å². The summed E-state index contributed by atoms with van der Waals surface area (Å²) in [5, 5.41) is 17.8. The molecule has 1 aliphatic rings. The van der Waals surface area contributed by atoms with Gasteiger partial charge in [-0.2, -0.15) is 5.26 Å². The standard InChI is InChI=1S/C23H28N6O2/c1-14-19(7-8-21(25)28-14)13-27-22(30)15(2)29-23(31)20-10-18(12-26-20)9-16-3-5-17(11-24)6-4-16/h3-8,15,18,20,26H,9-10,12-13H2,1-2H3,(H2,25,28)(H,27,30)(H,29,31)/t15-,18-,20?/m0/s1. The second-order valence-corrected chi connectivity index (χ2v) is 8.00. The first-order chi connectivity index (χ1) is 14.9. The van der Waals surface area contributed by atoms with E-state index < -0.39 is 6.04 Å². The molecule has 0 saturated carbocycles. The van der Waals surface area contributed by atoms with Crippen LogP contribution in [0.4, 0.5) is 5.82 Å². The van der Waals surface area contributed by atoms with Gasteiger partial charge >= 0.3 is 0 Å². The molecule has 1 fully saturated rings. The van der Waals surface area contributed by atoms with Crippen molar-refractivity contribution in [1.82, 2.24) is 20.9 Å². The third kappa shape index (κ3) is 6.03. The Hall–Kier alpha value is -3.44. The number of pyridine rings is 1. The van der Waals surface area contributed by atoms with Gasteiger partial charge in [-0.25, -0.2) is 4.98 Å². The van der Waals surface area contributed by atoms with E-state index in [1.54, 1.807) is 13.0 Å². The van der Waals surface area contributed by atoms with Crippen LogP contribution in [-0.2, 0) is 22.6 Å². The molecule has 5 N–H and O–H groups in total. The van der Waals surface area contributed by atoms with Crippen molar-refractivity contribution in [3.63, 3.8) is 0 Å². The van der Waals surface area contributed by atoms with E-state index in [9.17, 15) is 9.59 Å². The zero-order valence-electron chi connectivity index (χ0n) is 17.8. The molecule has 1 aromatic carbocycles. The summed E-state index contributed by atoms with van der Waals surface area (Å²) in [4.78, 5) is 29.2. The number of nitrogens with zero attached hydrogens (tertiary/aromatic N) is 2. The third-order valence-corrected chi connectivity index (χ3v) is 5.57. The molecule has 31 heavy (non-hydrogen) atoms. The van der Waals surface area contributed by atoms with Gasteiger partial charge in [0, 0.05) is 12.2 Å². The van der Waals surface area contributed by atoms with E-state index in [2.05, 4.69) is 27.0 Å². The van der Waals surface area contributed by atoms with Gasteiger partial charge in [0.15, 0.2) is 0 Å². The molecule has 0 radical (unpaired) electrons. The van der Waals surface area contributed by atoms with Crippen LogP contribution in [0.25, 0.3) is 0 Å². The molecule has 1 aliphatic heterocycles. The third-order valence-electron chi connectivity index (χ3n) is 5.57. The Morgan fingerprint density at radius 1 is 1.29 bits per heavy atom. The number of nitrogens with two attached hydrogens (primary N) is 1. The first kappa shape index (κ1) is 22.2. The largest absolute Gasteiger partial charge is 0.384 e. The smallest absolute Gasteiger partial charge is 0.242 e. The van der Waals surface area contributed by atoms with E-state index in [1.165, 1.54) is 0 Å². The zero-order valence-corrected chi connectivity index (χ0v) is 17.8. The van der Waals surface area contributed by atoms with Crippen LogP contribution in [0.3, 0.4) is 0 Å². The van der Waals surface area contributed by atoms with Crippen molar-refractivity contribution >= 4 is 17.6 Å². The van der Waals surface area contributed by atoms with E-state index >= 15 is 0 Å². The number of nitrogen functional groups attached to an aromatic ring is 1. The molecular formula is C23H28N6O2. The molecule has 0 spiro atoms. The van der Waals surface area contributed by atoms with Crippen LogP contribution in [-0.4, -0.2) is 35.4 Å². The predicted molar refractivity (Wildman–Crippen MR) is 118 cm³/mol. The van der Waals surface area contributed by atoms with Gasteiger partial charge in [0.25, 0.3) is 0 Å². The van der Waals surface area contributed by atoms with Crippen LogP contribution in [0.1, 0.15) is 35.7 Å². The summed E-state index contributed by atoms with van der Waals surface area (Å²) in [6.45, 7) is 4.57. The maximum atomic E-state index is 12.6. The van der Waals surface area contributed by atoms with Crippen LogP contribution in [0, 0.1) is 24.2 Å². The highest BCUT2D eigenvalue weighted by molar-refractivity contribution is 5.89. The molecular weight excluding hydrogens is 392 g/mol. The zero-order chi connectivity index (χ0) is 22.4. The van der Waals surface area contributed by atoms with E-state index in [0.29, 0.717) is 30.3 Å². The van der Waals surface area contributed by atoms with Crippen LogP contribution in [0.5, 0.6) is 0 Å². The summed E-state index contributed by atoms with van der Waals surface area (Å²) in [6, 6.07) is 12.2. The lowest BCUT2D eigenvalue weighted by Gasteiger charge is -2.17. The number of carbonyl (C=O) groups excluding carboxylic acids is 2. The number of aryl methyl sites for hydroxylation is 1. The van der Waals surface area contributed by atoms with Crippen molar-refractivity contribution in [2.24, 2.45) is 5.92 Å². The quantitative estimate of drug-likeness (QED) is 0.532. The normalized spacial score (nSPS) is 18.7. The molecule has 0 aliphatic carbocycles. The summed E-state index contributed by atoms with van der Waals surface area (Å²) in [5.74, 6) is 0.343. The molecule has 1 unspecified atom stereocenters. The van der Waals surface area contributed by atoms with Gasteiger partial charge in [-0.15, -0.1) is 0 Å². The molecule has 1 aromatic heterocycles. The lowest BCUT2D eigenvalue weighted by Crippen LogP contribution is -2.50. The molecule has 3 rings (SSSR count). The first-order valence-corrected chi connectivity index (χ1v) is 10.4. The molecule has 2 aromatic rings. The van der Waals surface area contributed by atoms with Gasteiger partial charge in [0.1, 0.15) is 11.9 Å². The molecule has 162 valence electrons. The predicted octanol–water partition coefficient (Wildman–Crippen LogP) is 1.19. The molecule has 0 bridgehead atoms. The van der Waals surface area contributed by atoms with Crippen molar-refractivity contribution in [3.8, 4) is 6.07 Å². The topological polar surface area (TPSA) is 133 Å². The molecule has 8 nitrogen and oxygen atoms in total. The number of hydrogen-bond acceptors (Lipinski definition) is 6. The number of benzene rings is 1. The van der Waals surface area contributed by atoms with Crippen molar-refractivity contribution in [3.05, 3.63) is 58.8 Å². The average Bonchev–Trinajstić information content (AvgIpc) is 3.22. The number of amides is 2. The number of carbonyl (C=O) groups is 2. The molecule has 8 heteroatoms. The number of anilines is 1. The summed E-state index contributed by atoms with van der Waals surface area (Å²) in [7, 11) is 0. The Balaban J connectivity index is 1.44. The Labute approximate surface area is 182 Å². The number of hydrogen-bond donors (Lipinski definition) is 4. The summed E-state index contributed by atoms with van der Waals surface area (Å²) in [5.41, 5.74) is 9.08. The minimum absolute atomic E-state index is 0.171. The highest BCUT2D eigenvalue weighted by Gasteiger charge is 2.30. The first-order valence-electron chi connectivity index (χ1n) is 10.4. The van der Waals surface area contributed by atoms with Gasteiger partial charge in [0.05, 0.1) is 17.7 Å². The van der Waals surface area contributed by atoms with Gasteiger partial charge < -0.3 is 21.7 Å². The van der Waals surface area contributed by atoms with Gasteiger partial charge in [-0.05, 0) is 68.5 Å². The average molecular weight is 421 g/mol. The summed E-state index contributed by atoms with van der Waals surface area (Å²) < 4.78 is 0. The second-order valence-electron chi connectivity index (χ2n) is 8.00. The van der Waals surface area contributed by atoms with E-state index in [-0.39, 0.29) is 17.9 Å². The van der Waals surface area contributed by atoms with Crippen molar-refractivity contribution in [2.75, 3.05) is 12.3 Å². The summed E-state index contributed by atoms with van der Waals surface area (Å²) in [6.07, 6.45) is 1.55. The number of rotatable bonds is 7. The van der Waals surface area contributed by atoms with Gasteiger partial charge in [-0.3, -0.25) is 9.59 Å². The molecule has 2 heterocycles. The van der Waals surface area contributed by atoms with E-state index in [4.69, 9.17) is 11.0 Å². The minimum Gasteiger partial charge on any atom is -0.384 e. The molecule has 2 amide bonds. The van der Waals surface area contributed by atoms with Crippen LogP contribution < -0.4 is 21.7 Å². The minimum atomic E-state index is -0.645. The Morgan fingerprint density at radius 2 is 2.03 bits per heavy atom. The Morgan fingerprint density at radius 3 is 2.71 bits per heavy atom. The maximum Gasteiger partial charge on any atom is 0.242 e. The fraction of sp³-hybridized carbons (Fsp3) is 0.391. The van der Waals surface area contributed by atoms with Crippen LogP contribution >= 0.6 is 0 Å². The number of nitrogens with one attached hydrogen (secondary N) is 3. The fourth-order valence-electron chi connectivity index (χ4n) is 3.72. The van der Waals surface area contributed by atoms with Gasteiger partial charge in [-0.1, -0.05) is 18.2 Å². The second kappa shape index (κ2) is 10.0. The number of aromatic nitrogens is 1. The Bertz CT molecular complexity index is 983. The summed E-state index contributed by atoms with van der Waals surface area (Å²) >= 11 is 0. The van der Waals surface area contributed by atoms with Crippen LogP contribution in [0.15, 0.2) is 36.4 Å². The van der Waals surface area contributed by atoms with Crippen molar-refractivity contribution in [2.45, 2.75) is 45.3 Å². The highest BCUT2D eigenvalue weighted by Crippen LogP contribution is 2.20. The fourth-order valence-corrected chi connectivity index (χ4v) is 3.72. The molecule has 1 saturated heterocycles.